The third kappa shape index (κ3) is 4.30. The highest BCUT2D eigenvalue weighted by atomic mass is 35.5. The topological polar surface area (TPSA) is 41.1 Å². The van der Waals surface area contributed by atoms with E-state index in [1.807, 2.05) is 18.4 Å². The summed E-state index contributed by atoms with van der Waals surface area (Å²) >= 11 is 1.69. The zero-order valence-corrected chi connectivity index (χ0v) is 11.6. The second kappa shape index (κ2) is 6.99. The second-order valence-electron chi connectivity index (χ2n) is 4.37. The van der Waals surface area contributed by atoms with Crippen molar-refractivity contribution in [1.82, 2.24) is 10.6 Å². The standard InChI is InChI=1S/C12H18N2OS.ClH/c1-9(11-3-2-6-16-11)14-12(15)7-10-4-5-13-8-10;/h2-3,6,9-10,13H,4-5,7-8H2,1H3,(H,14,15);1H. The van der Waals surface area contributed by atoms with Crippen LogP contribution in [0.15, 0.2) is 17.5 Å². The van der Waals surface area contributed by atoms with Crippen molar-refractivity contribution in [3.05, 3.63) is 22.4 Å². The van der Waals surface area contributed by atoms with E-state index < -0.39 is 0 Å². The van der Waals surface area contributed by atoms with Crippen molar-refractivity contribution in [3.8, 4) is 0 Å². The van der Waals surface area contributed by atoms with Crippen LogP contribution in [0.3, 0.4) is 0 Å². The van der Waals surface area contributed by atoms with Crippen LogP contribution in [0.5, 0.6) is 0 Å². The molecule has 0 radical (unpaired) electrons. The number of nitrogens with one attached hydrogen (secondary N) is 2. The Hall–Kier alpha value is -0.580. The summed E-state index contributed by atoms with van der Waals surface area (Å²) in [5.74, 6) is 0.699. The fraction of sp³-hybridized carbons (Fsp3) is 0.583. The third-order valence-corrected chi connectivity index (χ3v) is 4.04. The van der Waals surface area contributed by atoms with Crippen molar-refractivity contribution in [2.24, 2.45) is 5.92 Å². The van der Waals surface area contributed by atoms with E-state index >= 15 is 0 Å². The highest BCUT2D eigenvalue weighted by molar-refractivity contribution is 7.10. The summed E-state index contributed by atoms with van der Waals surface area (Å²) in [5, 5.41) is 8.37. The molecule has 0 saturated carbocycles. The van der Waals surface area contributed by atoms with E-state index in [0.717, 1.165) is 19.5 Å². The van der Waals surface area contributed by atoms with Crippen LogP contribution in [-0.4, -0.2) is 19.0 Å². The predicted octanol–water partition coefficient (Wildman–Crippen LogP) is 2.35. The van der Waals surface area contributed by atoms with Gasteiger partial charge in [-0.15, -0.1) is 23.7 Å². The Kier molecular flexibility index (Phi) is 5.95. The number of rotatable bonds is 4. The van der Waals surface area contributed by atoms with E-state index in [1.54, 1.807) is 11.3 Å². The van der Waals surface area contributed by atoms with Gasteiger partial charge in [0.2, 0.25) is 5.91 Å². The average Bonchev–Trinajstić information content (AvgIpc) is 2.88. The van der Waals surface area contributed by atoms with Gasteiger partial charge in [0, 0.05) is 11.3 Å². The first kappa shape index (κ1) is 14.5. The van der Waals surface area contributed by atoms with Crippen LogP contribution in [0, 0.1) is 5.92 Å². The van der Waals surface area contributed by atoms with Gasteiger partial charge >= 0.3 is 0 Å². The lowest BCUT2D eigenvalue weighted by Crippen LogP contribution is -2.28. The van der Waals surface area contributed by atoms with Crippen molar-refractivity contribution < 1.29 is 4.79 Å². The normalized spacial score (nSPS) is 20.6. The predicted molar refractivity (Wildman–Crippen MR) is 73.7 cm³/mol. The summed E-state index contributed by atoms with van der Waals surface area (Å²) in [6.45, 7) is 4.08. The SMILES string of the molecule is CC(NC(=O)CC1CCNC1)c1cccs1.Cl. The molecule has 2 N–H and O–H groups in total. The molecule has 1 aliphatic rings. The van der Waals surface area contributed by atoms with E-state index in [4.69, 9.17) is 0 Å². The highest BCUT2D eigenvalue weighted by Crippen LogP contribution is 2.19. The van der Waals surface area contributed by atoms with E-state index in [2.05, 4.69) is 16.7 Å². The maximum Gasteiger partial charge on any atom is 0.220 e. The quantitative estimate of drug-likeness (QED) is 0.885. The lowest BCUT2D eigenvalue weighted by Gasteiger charge is -2.14. The summed E-state index contributed by atoms with van der Waals surface area (Å²) in [6.07, 6.45) is 1.78. The van der Waals surface area contributed by atoms with Crippen molar-refractivity contribution in [2.75, 3.05) is 13.1 Å². The number of carbonyl (C=O) groups is 1. The van der Waals surface area contributed by atoms with Gasteiger partial charge in [0.1, 0.15) is 0 Å². The highest BCUT2D eigenvalue weighted by Gasteiger charge is 2.19. The molecule has 1 aromatic rings. The summed E-state index contributed by atoms with van der Waals surface area (Å²) in [4.78, 5) is 13.0. The molecule has 0 aromatic carbocycles. The van der Waals surface area contributed by atoms with Crippen molar-refractivity contribution in [2.45, 2.75) is 25.8 Å². The Morgan fingerprint density at radius 2 is 2.53 bits per heavy atom. The van der Waals surface area contributed by atoms with Crippen LogP contribution >= 0.6 is 23.7 Å². The first-order valence-electron chi connectivity index (χ1n) is 5.79. The molecule has 5 heteroatoms. The van der Waals surface area contributed by atoms with Crippen LogP contribution in [0.25, 0.3) is 0 Å². The summed E-state index contributed by atoms with van der Waals surface area (Å²) < 4.78 is 0. The molecule has 1 aromatic heterocycles. The van der Waals surface area contributed by atoms with Crippen molar-refractivity contribution in [1.29, 1.82) is 0 Å². The molecule has 2 heterocycles. The van der Waals surface area contributed by atoms with Crippen LogP contribution in [0.4, 0.5) is 0 Å². The fourth-order valence-electron chi connectivity index (χ4n) is 2.06. The van der Waals surface area contributed by atoms with Crippen molar-refractivity contribution in [3.63, 3.8) is 0 Å². The number of carbonyl (C=O) groups excluding carboxylic acids is 1. The lowest BCUT2D eigenvalue weighted by atomic mass is 10.0. The third-order valence-electron chi connectivity index (χ3n) is 2.98. The summed E-state index contributed by atoms with van der Waals surface area (Å²) in [5.41, 5.74) is 0. The van der Waals surface area contributed by atoms with Gasteiger partial charge in [-0.1, -0.05) is 6.07 Å². The fourth-order valence-corrected chi connectivity index (χ4v) is 2.79. The van der Waals surface area contributed by atoms with E-state index in [9.17, 15) is 4.79 Å². The molecule has 3 nitrogen and oxygen atoms in total. The molecule has 0 spiro atoms. The van der Waals surface area contributed by atoms with Crippen LogP contribution in [-0.2, 0) is 4.79 Å². The zero-order chi connectivity index (χ0) is 11.4. The van der Waals surface area contributed by atoms with Gasteiger partial charge in [0.05, 0.1) is 6.04 Å². The molecular weight excluding hydrogens is 256 g/mol. The Bertz CT molecular complexity index is 336. The van der Waals surface area contributed by atoms with Gasteiger partial charge < -0.3 is 10.6 Å². The smallest absolute Gasteiger partial charge is 0.220 e. The van der Waals surface area contributed by atoms with Crippen LogP contribution < -0.4 is 10.6 Å². The van der Waals surface area contributed by atoms with Crippen LogP contribution in [0.2, 0.25) is 0 Å². The lowest BCUT2D eigenvalue weighted by molar-refractivity contribution is -0.122. The minimum Gasteiger partial charge on any atom is -0.349 e. The molecule has 1 fully saturated rings. The molecule has 2 unspecified atom stereocenters. The van der Waals surface area contributed by atoms with Gasteiger partial charge in [0.15, 0.2) is 0 Å². The molecule has 96 valence electrons. The molecule has 17 heavy (non-hydrogen) atoms. The van der Waals surface area contributed by atoms with Gasteiger partial charge in [-0.05, 0) is 43.8 Å². The summed E-state index contributed by atoms with van der Waals surface area (Å²) in [6, 6.07) is 4.22. The van der Waals surface area contributed by atoms with E-state index in [1.165, 1.54) is 4.88 Å². The zero-order valence-electron chi connectivity index (χ0n) is 9.94. The van der Waals surface area contributed by atoms with Gasteiger partial charge in [-0.2, -0.15) is 0 Å². The Morgan fingerprint density at radius 3 is 3.12 bits per heavy atom. The number of thiophene rings is 1. The Labute approximate surface area is 112 Å². The largest absolute Gasteiger partial charge is 0.349 e. The molecule has 1 saturated heterocycles. The molecule has 1 amide bonds. The van der Waals surface area contributed by atoms with Gasteiger partial charge in [-0.3, -0.25) is 4.79 Å². The maximum atomic E-state index is 11.8. The summed E-state index contributed by atoms with van der Waals surface area (Å²) in [7, 11) is 0. The minimum absolute atomic E-state index is 0. The van der Waals surface area contributed by atoms with Gasteiger partial charge in [-0.25, -0.2) is 0 Å². The molecule has 1 aliphatic heterocycles. The first-order valence-corrected chi connectivity index (χ1v) is 6.67. The monoisotopic (exact) mass is 274 g/mol. The second-order valence-corrected chi connectivity index (χ2v) is 5.35. The number of hydrogen-bond donors (Lipinski definition) is 2. The molecule has 0 bridgehead atoms. The van der Waals surface area contributed by atoms with Crippen LogP contribution in [0.1, 0.15) is 30.7 Å². The number of halogens is 1. The minimum atomic E-state index is 0. The van der Waals surface area contributed by atoms with E-state index in [-0.39, 0.29) is 24.4 Å². The van der Waals surface area contributed by atoms with Gasteiger partial charge in [0.25, 0.3) is 0 Å². The molecule has 0 aliphatic carbocycles. The average molecular weight is 275 g/mol. The Balaban J connectivity index is 0.00000144. The van der Waals surface area contributed by atoms with E-state index in [0.29, 0.717) is 12.3 Å². The number of hydrogen-bond acceptors (Lipinski definition) is 3. The number of amides is 1. The maximum absolute atomic E-state index is 11.8. The molecular formula is C12H19ClN2OS. The molecule has 2 rings (SSSR count). The Morgan fingerprint density at radius 1 is 1.71 bits per heavy atom. The molecule has 2 atom stereocenters. The first-order chi connectivity index (χ1) is 7.75. The van der Waals surface area contributed by atoms with Crippen molar-refractivity contribution >= 4 is 29.7 Å².